The molecule has 1 aromatic heterocycles. The largest absolute Gasteiger partial charge is 0.494 e. The summed E-state index contributed by atoms with van der Waals surface area (Å²) in [5.74, 6) is -4.50. The summed E-state index contributed by atoms with van der Waals surface area (Å²) in [5.41, 5.74) is -5.30. The SMILES string of the molecule is [B]C(C)(C)C(=O)OC(C)(C)C(=O)NCC(CNC(=O)C(C)(C)OC(=O)C(C)(C)Br)(CNC(=O)C(C)(C)OC(=O)C(C)(C)Br)COCCOCCOCCOCCn1c(O)c2c(c1O)C1C=CC2O1. The molecule has 2 atom stereocenters. The fourth-order valence-corrected chi connectivity index (χ4v) is 6.44. The molecule has 382 valence electrons. The Morgan fingerprint density at radius 3 is 1.24 bits per heavy atom. The van der Waals surface area contributed by atoms with Crippen molar-refractivity contribution in [2.45, 2.75) is 133 Å². The van der Waals surface area contributed by atoms with Crippen LogP contribution < -0.4 is 16.0 Å². The van der Waals surface area contributed by atoms with Gasteiger partial charge in [-0.3, -0.25) is 33.3 Å². The van der Waals surface area contributed by atoms with Crippen molar-refractivity contribution in [2.24, 2.45) is 5.41 Å². The number of nitrogens with one attached hydrogen (secondary N) is 3. The number of hydrogen-bond donors (Lipinski definition) is 5. The van der Waals surface area contributed by atoms with Gasteiger partial charge in [-0.1, -0.05) is 57.9 Å². The number of ether oxygens (including phenoxy) is 8. The number of amides is 3. The number of fused-ring (bicyclic) bond motifs is 5. The van der Waals surface area contributed by atoms with Crippen LogP contribution in [0.4, 0.5) is 0 Å². The zero-order valence-electron chi connectivity index (χ0n) is 41.2. The van der Waals surface area contributed by atoms with Gasteiger partial charge in [-0.25, -0.2) is 0 Å². The predicted octanol–water partition coefficient (Wildman–Crippen LogP) is 3.66. The second-order valence-electron chi connectivity index (χ2n) is 19.8. The molecule has 0 aromatic carbocycles. The van der Waals surface area contributed by atoms with Crippen molar-refractivity contribution >= 4 is 75.3 Å². The molecule has 68 heavy (non-hydrogen) atoms. The maximum Gasteiger partial charge on any atom is 0.323 e. The highest BCUT2D eigenvalue weighted by molar-refractivity contribution is 9.10. The van der Waals surface area contributed by atoms with E-state index in [-0.39, 0.29) is 103 Å². The maximum atomic E-state index is 13.7. The Hall–Kier alpha value is -3.74. The van der Waals surface area contributed by atoms with Gasteiger partial charge in [0.05, 0.1) is 78.4 Å². The van der Waals surface area contributed by atoms with E-state index in [1.807, 2.05) is 12.2 Å². The number of aromatic hydroxyl groups is 2. The van der Waals surface area contributed by atoms with Crippen LogP contribution in [-0.2, 0) is 73.2 Å². The van der Waals surface area contributed by atoms with E-state index in [0.717, 1.165) is 0 Å². The quantitative estimate of drug-likeness (QED) is 0.0192. The van der Waals surface area contributed by atoms with Gasteiger partial charge in [-0.2, -0.15) is 0 Å². The van der Waals surface area contributed by atoms with E-state index in [0.29, 0.717) is 11.1 Å². The van der Waals surface area contributed by atoms with Crippen LogP contribution in [0.15, 0.2) is 12.2 Å². The normalized spacial score (nSPS) is 16.3. The summed E-state index contributed by atoms with van der Waals surface area (Å²) in [5, 5.41) is 28.1. The van der Waals surface area contributed by atoms with Gasteiger partial charge < -0.3 is 64.1 Å². The minimum absolute atomic E-state index is 0.00839. The van der Waals surface area contributed by atoms with Crippen LogP contribution in [0.3, 0.4) is 0 Å². The molecule has 2 aliphatic heterocycles. The molecule has 0 spiro atoms. The summed E-state index contributed by atoms with van der Waals surface area (Å²) < 4.78 is 44.4. The van der Waals surface area contributed by atoms with Crippen molar-refractivity contribution in [3.05, 3.63) is 23.3 Å². The van der Waals surface area contributed by atoms with Crippen molar-refractivity contribution in [3.63, 3.8) is 0 Å². The van der Waals surface area contributed by atoms with E-state index in [9.17, 15) is 39.0 Å². The van der Waals surface area contributed by atoms with E-state index in [2.05, 4.69) is 47.8 Å². The molecule has 3 heterocycles. The molecule has 5 N–H and O–H groups in total. The van der Waals surface area contributed by atoms with Crippen molar-refractivity contribution < 1.29 is 76.9 Å². The summed E-state index contributed by atoms with van der Waals surface area (Å²) >= 11 is 6.48. The standard InChI is InChI=1S/C45H69BBr2N4O16/c1-39(2,46)36(58)66-42(7,8)33(55)49-23-45(24-50-34(56)43(9,10)67-37(59)40(3,4)47,25-51-35(57)44(11,12)68-38(60)41(5,6)48)26-64-22-21-63-20-19-62-18-17-61-16-15-52-31(53)29-27-13-14-28(65-27)30(29)32(52)54/h13-14,27-28,53-54H,15-26H2,1-12H3,(H,49,55)(H,50,56)(H,51,57). The van der Waals surface area contributed by atoms with Crippen LogP contribution in [0.25, 0.3) is 0 Å². The number of hydrogen-bond acceptors (Lipinski definition) is 16. The molecule has 0 aliphatic carbocycles. The van der Waals surface area contributed by atoms with Crippen LogP contribution in [-0.4, -0.2) is 156 Å². The first-order valence-corrected chi connectivity index (χ1v) is 23.7. The number of esters is 3. The monoisotopic (exact) mass is 1090 g/mol. The molecule has 0 saturated heterocycles. The topological polar surface area (TPSA) is 258 Å². The van der Waals surface area contributed by atoms with E-state index >= 15 is 0 Å². The molecule has 1 aromatic rings. The molecular weight excluding hydrogens is 1020 g/mol. The average Bonchev–Trinajstić information content (AvgIpc) is 3.91. The van der Waals surface area contributed by atoms with Gasteiger partial charge in [0, 0.05) is 30.4 Å². The van der Waals surface area contributed by atoms with Gasteiger partial charge in [0.1, 0.15) is 20.9 Å². The van der Waals surface area contributed by atoms with Gasteiger partial charge in [0.2, 0.25) is 11.8 Å². The molecule has 3 rings (SSSR count). The summed E-state index contributed by atoms with van der Waals surface area (Å²) in [6, 6.07) is 0. The lowest BCUT2D eigenvalue weighted by molar-refractivity contribution is -0.167. The number of nitrogens with zero attached hydrogens (tertiary/aromatic N) is 1. The van der Waals surface area contributed by atoms with Gasteiger partial charge in [-0.15, -0.1) is 0 Å². The second kappa shape index (κ2) is 23.5. The molecule has 2 radical (unpaired) electrons. The highest BCUT2D eigenvalue weighted by Crippen LogP contribution is 2.54. The summed E-state index contributed by atoms with van der Waals surface area (Å²) in [6.45, 7) is 17.8. The molecule has 0 saturated carbocycles. The Labute approximate surface area is 416 Å². The Kier molecular flexibility index (Phi) is 20.2. The first-order valence-electron chi connectivity index (χ1n) is 22.2. The smallest absolute Gasteiger partial charge is 0.323 e. The zero-order chi connectivity index (χ0) is 51.7. The number of halogens is 2. The van der Waals surface area contributed by atoms with Gasteiger partial charge in [-0.05, 0) is 69.2 Å². The first-order chi connectivity index (χ1) is 31.1. The molecule has 2 bridgehead atoms. The van der Waals surface area contributed by atoms with Crippen molar-refractivity contribution in [1.82, 2.24) is 20.5 Å². The average molecular weight is 1090 g/mol. The first kappa shape index (κ1) is 58.6. The number of carbonyl (C=O) groups is 6. The molecular formula is C45H69BBr2N4O16. The maximum absolute atomic E-state index is 13.7. The molecule has 20 nitrogen and oxygen atoms in total. The molecule has 23 heteroatoms. The predicted molar refractivity (Wildman–Crippen MR) is 255 cm³/mol. The van der Waals surface area contributed by atoms with Crippen LogP contribution in [0.2, 0.25) is 5.31 Å². The Morgan fingerprint density at radius 1 is 0.574 bits per heavy atom. The number of carbonyl (C=O) groups excluding carboxylic acids is 6. The van der Waals surface area contributed by atoms with E-state index < -0.39 is 71.8 Å². The Morgan fingerprint density at radius 2 is 0.897 bits per heavy atom. The van der Waals surface area contributed by atoms with Crippen LogP contribution in [0.5, 0.6) is 11.8 Å². The summed E-state index contributed by atoms with van der Waals surface area (Å²) in [4.78, 5) is 79.2. The fraction of sp³-hybridized carbons (Fsp3) is 0.733. The summed E-state index contributed by atoms with van der Waals surface area (Å²) in [6.07, 6.45) is 2.96. The van der Waals surface area contributed by atoms with Crippen LogP contribution in [0.1, 0.15) is 106 Å². The third kappa shape index (κ3) is 16.4. The lowest BCUT2D eigenvalue weighted by Crippen LogP contribution is -2.59. The fourth-order valence-electron chi connectivity index (χ4n) is 6.28. The molecule has 0 fully saturated rings. The van der Waals surface area contributed by atoms with Crippen LogP contribution >= 0.6 is 31.9 Å². The van der Waals surface area contributed by atoms with Gasteiger partial charge in [0.25, 0.3) is 17.7 Å². The second-order valence-corrected chi connectivity index (χ2v) is 23.8. The Balaban J connectivity index is 1.66. The highest BCUT2D eigenvalue weighted by Gasteiger charge is 2.44. The molecule has 2 unspecified atom stereocenters. The van der Waals surface area contributed by atoms with Gasteiger partial charge in [0.15, 0.2) is 16.8 Å². The number of aromatic nitrogens is 1. The Bertz CT molecular complexity index is 1830. The van der Waals surface area contributed by atoms with Gasteiger partial charge >= 0.3 is 17.9 Å². The third-order valence-electron chi connectivity index (χ3n) is 10.6. The lowest BCUT2D eigenvalue weighted by atomic mass is 9.72. The van der Waals surface area contributed by atoms with E-state index in [1.165, 1.54) is 60.0 Å². The number of rotatable bonds is 29. The lowest BCUT2D eigenvalue weighted by Gasteiger charge is -2.37. The molecule has 3 amide bonds. The van der Waals surface area contributed by atoms with Crippen molar-refractivity contribution in [3.8, 4) is 11.8 Å². The summed E-state index contributed by atoms with van der Waals surface area (Å²) in [7, 11) is 5.91. The zero-order valence-corrected chi connectivity index (χ0v) is 44.4. The van der Waals surface area contributed by atoms with Crippen molar-refractivity contribution in [2.75, 3.05) is 72.5 Å². The highest BCUT2D eigenvalue weighted by atomic mass is 79.9. The minimum Gasteiger partial charge on any atom is -0.494 e. The molecule has 2 aliphatic rings. The van der Waals surface area contributed by atoms with Crippen molar-refractivity contribution in [1.29, 1.82) is 0 Å². The number of alkyl halides is 2. The van der Waals surface area contributed by atoms with E-state index in [1.54, 1.807) is 27.7 Å². The third-order valence-corrected chi connectivity index (χ3v) is 11.3. The van der Waals surface area contributed by atoms with E-state index in [4.69, 9.17) is 45.7 Å². The minimum atomic E-state index is -1.73. The van der Waals surface area contributed by atoms with Crippen LogP contribution in [0, 0.1) is 5.41 Å².